The average molecular weight is 298 g/mol. The molecule has 5 heteroatoms. The molecule has 0 aliphatic carbocycles. The molecule has 22 heavy (non-hydrogen) atoms. The molecule has 1 aromatic heterocycles. The van der Waals surface area contributed by atoms with Crippen molar-refractivity contribution in [1.29, 1.82) is 0 Å². The number of carboxylic acids is 1. The van der Waals surface area contributed by atoms with Crippen molar-refractivity contribution in [3.8, 4) is 0 Å². The number of hydrogen-bond acceptors (Lipinski definition) is 3. The van der Waals surface area contributed by atoms with E-state index in [4.69, 9.17) is 5.11 Å². The standard InChI is InChI=1S/C17H18N2O3/c1-11-9-15(18-14-7-3-2-6-13(11)14)16(20)19-8-4-5-12(10-19)17(21)22/h2-3,6-7,9,12H,4-5,8,10H2,1H3,(H,21,22)/t12-/m1/s1. The zero-order chi connectivity index (χ0) is 15.7. The number of aliphatic carboxylic acids is 1. The molecule has 1 atom stereocenters. The van der Waals surface area contributed by atoms with Gasteiger partial charge in [-0.3, -0.25) is 9.59 Å². The number of aromatic nitrogens is 1. The molecule has 1 aliphatic rings. The number of benzene rings is 1. The molecule has 5 nitrogen and oxygen atoms in total. The predicted molar refractivity (Wildman–Crippen MR) is 82.7 cm³/mol. The first-order valence-corrected chi connectivity index (χ1v) is 7.45. The topological polar surface area (TPSA) is 70.5 Å². The number of carbonyl (C=O) groups excluding carboxylic acids is 1. The SMILES string of the molecule is Cc1cc(C(=O)N2CCC[C@@H](C(=O)O)C2)nc2ccccc12. The van der Waals surface area contributed by atoms with Crippen molar-refractivity contribution >= 4 is 22.8 Å². The van der Waals surface area contributed by atoms with E-state index in [1.54, 1.807) is 11.0 Å². The van der Waals surface area contributed by atoms with E-state index in [-0.39, 0.29) is 12.5 Å². The Hall–Kier alpha value is -2.43. The fourth-order valence-corrected chi connectivity index (χ4v) is 2.98. The third-order valence-electron chi connectivity index (χ3n) is 4.20. The van der Waals surface area contributed by atoms with Gasteiger partial charge in [0.2, 0.25) is 0 Å². The van der Waals surface area contributed by atoms with E-state index < -0.39 is 11.9 Å². The normalized spacial score (nSPS) is 18.4. The maximum atomic E-state index is 12.6. The van der Waals surface area contributed by atoms with E-state index in [9.17, 15) is 9.59 Å². The van der Waals surface area contributed by atoms with Gasteiger partial charge in [0.1, 0.15) is 5.69 Å². The van der Waals surface area contributed by atoms with Gasteiger partial charge in [0, 0.05) is 18.5 Å². The summed E-state index contributed by atoms with van der Waals surface area (Å²) in [5.41, 5.74) is 2.18. The van der Waals surface area contributed by atoms with E-state index in [1.165, 1.54) is 0 Å². The number of hydrogen-bond donors (Lipinski definition) is 1. The van der Waals surface area contributed by atoms with Gasteiger partial charge >= 0.3 is 5.97 Å². The Morgan fingerprint density at radius 3 is 2.86 bits per heavy atom. The fraction of sp³-hybridized carbons (Fsp3) is 0.353. The molecule has 1 aromatic carbocycles. The molecule has 0 spiro atoms. The molecule has 1 amide bonds. The van der Waals surface area contributed by atoms with Gasteiger partial charge in [0.15, 0.2) is 0 Å². The molecule has 0 saturated carbocycles. The Morgan fingerprint density at radius 1 is 1.32 bits per heavy atom. The third-order valence-corrected chi connectivity index (χ3v) is 4.20. The van der Waals surface area contributed by atoms with E-state index in [0.29, 0.717) is 18.7 Å². The van der Waals surface area contributed by atoms with Gasteiger partial charge in [-0.1, -0.05) is 18.2 Å². The number of carbonyl (C=O) groups is 2. The van der Waals surface area contributed by atoms with Crippen molar-refractivity contribution in [1.82, 2.24) is 9.88 Å². The minimum absolute atomic E-state index is 0.181. The van der Waals surface area contributed by atoms with Crippen molar-refractivity contribution in [2.24, 2.45) is 5.92 Å². The minimum atomic E-state index is -0.833. The second-order valence-corrected chi connectivity index (χ2v) is 5.77. The highest BCUT2D eigenvalue weighted by atomic mass is 16.4. The number of rotatable bonds is 2. The molecule has 0 bridgehead atoms. The lowest BCUT2D eigenvalue weighted by atomic mass is 9.98. The first-order chi connectivity index (χ1) is 10.6. The van der Waals surface area contributed by atoms with Crippen molar-refractivity contribution in [2.45, 2.75) is 19.8 Å². The van der Waals surface area contributed by atoms with E-state index >= 15 is 0 Å². The minimum Gasteiger partial charge on any atom is -0.481 e. The molecule has 114 valence electrons. The number of pyridine rings is 1. The summed E-state index contributed by atoms with van der Waals surface area (Å²) in [6.07, 6.45) is 1.35. The van der Waals surface area contributed by atoms with Crippen LogP contribution in [0.5, 0.6) is 0 Å². The number of piperidine rings is 1. The lowest BCUT2D eigenvalue weighted by molar-refractivity contribution is -0.143. The smallest absolute Gasteiger partial charge is 0.308 e. The van der Waals surface area contributed by atoms with Crippen LogP contribution >= 0.6 is 0 Å². The molecule has 0 radical (unpaired) electrons. The van der Waals surface area contributed by atoms with Crippen LogP contribution in [0.4, 0.5) is 0 Å². The summed E-state index contributed by atoms with van der Waals surface area (Å²) >= 11 is 0. The van der Waals surface area contributed by atoms with Crippen LogP contribution in [0.25, 0.3) is 10.9 Å². The van der Waals surface area contributed by atoms with E-state index in [0.717, 1.165) is 22.9 Å². The van der Waals surface area contributed by atoms with Gasteiger partial charge in [-0.2, -0.15) is 0 Å². The van der Waals surface area contributed by atoms with Crippen LogP contribution in [0, 0.1) is 12.8 Å². The maximum Gasteiger partial charge on any atom is 0.308 e. The van der Waals surface area contributed by atoms with Crippen LogP contribution < -0.4 is 0 Å². The third kappa shape index (κ3) is 2.66. The van der Waals surface area contributed by atoms with Crippen molar-refractivity contribution in [2.75, 3.05) is 13.1 Å². The Kier molecular flexibility index (Phi) is 3.79. The summed E-state index contributed by atoms with van der Waals surface area (Å²) in [5.74, 6) is -1.49. The first-order valence-electron chi connectivity index (χ1n) is 7.45. The van der Waals surface area contributed by atoms with Gasteiger partial charge < -0.3 is 10.0 Å². The highest BCUT2D eigenvalue weighted by molar-refractivity contribution is 5.96. The van der Waals surface area contributed by atoms with Crippen molar-refractivity contribution in [3.63, 3.8) is 0 Å². The molecule has 3 rings (SSSR count). The Morgan fingerprint density at radius 2 is 2.09 bits per heavy atom. The molecule has 1 aliphatic heterocycles. The van der Waals surface area contributed by atoms with Crippen molar-refractivity contribution < 1.29 is 14.7 Å². The molecule has 1 fully saturated rings. The van der Waals surface area contributed by atoms with Gasteiger partial charge in [-0.15, -0.1) is 0 Å². The highest BCUT2D eigenvalue weighted by Gasteiger charge is 2.29. The summed E-state index contributed by atoms with van der Waals surface area (Å²) in [7, 11) is 0. The number of likely N-dealkylation sites (tertiary alicyclic amines) is 1. The first kappa shape index (κ1) is 14.5. The number of para-hydroxylation sites is 1. The highest BCUT2D eigenvalue weighted by Crippen LogP contribution is 2.21. The Labute approximate surface area is 128 Å². The number of aryl methyl sites for hydroxylation is 1. The quantitative estimate of drug-likeness (QED) is 0.924. The van der Waals surface area contributed by atoms with Gasteiger partial charge in [0.25, 0.3) is 5.91 Å². The maximum absolute atomic E-state index is 12.6. The second-order valence-electron chi connectivity index (χ2n) is 5.77. The fourth-order valence-electron chi connectivity index (χ4n) is 2.98. The monoisotopic (exact) mass is 298 g/mol. The Balaban J connectivity index is 1.90. The molecule has 2 heterocycles. The molecule has 0 unspecified atom stereocenters. The van der Waals surface area contributed by atoms with Crippen LogP contribution in [0.2, 0.25) is 0 Å². The van der Waals surface area contributed by atoms with Gasteiger partial charge in [-0.25, -0.2) is 4.98 Å². The molecular weight excluding hydrogens is 280 g/mol. The second kappa shape index (κ2) is 5.75. The van der Waals surface area contributed by atoms with Crippen LogP contribution in [-0.2, 0) is 4.79 Å². The summed E-state index contributed by atoms with van der Waals surface area (Å²) in [4.78, 5) is 29.8. The van der Waals surface area contributed by atoms with Crippen LogP contribution in [0.1, 0.15) is 28.9 Å². The van der Waals surface area contributed by atoms with Gasteiger partial charge in [0.05, 0.1) is 11.4 Å². The lowest BCUT2D eigenvalue weighted by Crippen LogP contribution is -2.42. The lowest BCUT2D eigenvalue weighted by Gasteiger charge is -2.30. The van der Waals surface area contributed by atoms with E-state index in [1.807, 2.05) is 31.2 Å². The average Bonchev–Trinajstić information content (AvgIpc) is 2.54. The summed E-state index contributed by atoms with van der Waals surface area (Å²) in [6, 6.07) is 9.49. The zero-order valence-electron chi connectivity index (χ0n) is 12.5. The summed E-state index contributed by atoms with van der Waals surface area (Å²) < 4.78 is 0. The molecule has 1 N–H and O–H groups in total. The summed E-state index contributed by atoms with van der Waals surface area (Å²) in [6.45, 7) is 2.81. The molecule has 1 saturated heterocycles. The predicted octanol–water partition coefficient (Wildman–Crippen LogP) is 2.48. The Bertz CT molecular complexity index is 742. The largest absolute Gasteiger partial charge is 0.481 e. The van der Waals surface area contributed by atoms with Gasteiger partial charge in [-0.05, 0) is 37.5 Å². The zero-order valence-corrected chi connectivity index (χ0v) is 12.5. The number of fused-ring (bicyclic) bond motifs is 1. The number of amides is 1. The molecule has 2 aromatic rings. The molecular formula is C17H18N2O3. The van der Waals surface area contributed by atoms with Crippen LogP contribution in [-0.4, -0.2) is 40.0 Å². The van der Waals surface area contributed by atoms with Crippen LogP contribution in [0.3, 0.4) is 0 Å². The summed E-state index contributed by atoms with van der Waals surface area (Å²) in [5, 5.41) is 10.2. The van der Waals surface area contributed by atoms with Crippen LogP contribution in [0.15, 0.2) is 30.3 Å². The number of carboxylic acid groups (broad SMARTS) is 1. The number of nitrogens with zero attached hydrogens (tertiary/aromatic N) is 2. The van der Waals surface area contributed by atoms with E-state index in [2.05, 4.69) is 4.98 Å². The van der Waals surface area contributed by atoms with Crippen molar-refractivity contribution in [3.05, 3.63) is 41.6 Å².